The van der Waals surface area contributed by atoms with Crippen molar-refractivity contribution in [2.75, 3.05) is 26.4 Å². The summed E-state index contributed by atoms with van der Waals surface area (Å²) in [5, 5.41) is 3.95. The number of amides is 1. The van der Waals surface area contributed by atoms with Crippen LogP contribution in [0.2, 0.25) is 0 Å². The standard InChI is InChI=1S/C9H18N2OS/c1-7-8(4-5-13-7)10-6-9(12)11(2)3/h7-8,10H,4-6H2,1-3H3. The Balaban J connectivity index is 2.22. The van der Waals surface area contributed by atoms with Crippen molar-refractivity contribution in [1.82, 2.24) is 10.2 Å². The molecule has 0 radical (unpaired) electrons. The number of hydrogen-bond donors (Lipinski definition) is 1. The Kier molecular flexibility index (Phi) is 4.06. The molecule has 2 unspecified atom stereocenters. The highest BCUT2D eigenvalue weighted by molar-refractivity contribution is 8.00. The van der Waals surface area contributed by atoms with E-state index in [-0.39, 0.29) is 5.91 Å². The molecule has 2 atom stereocenters. The van der Waals surface area contributed by atoms with Crippen LogP contribution < -0.4 is 5.32 Å². The highest BCUT2D eigenvalue weighted by Crippen LogP contribution is 2.25. The number of nitrogens with one attached hydrogen (secondary N) is 1. The lowest BCUT2D eigenvalue weighted by Gasteiger charge is -2.17. The summed E-state index contributed by atoms with van der Waals surface area (Å²) in [4.78, 5) is 12.9. The molecule has 0 saturated carbocycles. The average Bonchev–Trinajstić information content (AvgIpc) is 2.47. The molecule has 13 heavy (non-hydrogen) atoms. The van der Waals surface area contributed by atoms with Gasteiger partial charge in [-0.05, 0) is 12.2 Å². The van der Waals surface area contributed by atoms with E-state index in [1.165, 1.54) is 12.2 Å². The van der Waals surface area contributed by atoms with Gasteiger partial charge in [-0.3, -0.25) is 4.79 Å². The summed E-state index contributed by atoms with van der Waals surface area (Å²) in [6.45, 7) is 2.69. The Labute approximate surface area is 84.2 Å². The van der Waals surface area contributed by atoms with Gasteiger partial charge in [0.15, 0.2) is 0 Å². The van der Waals surface area contributed by atoms with Gasteiger partial charge in [0.1, 0.15) is 0 Å². The Bertz CT molecular complexity index is 184. The molecule has 1 fully saturated rings. The van der Waals surface area contributed by atoms with Gasteiger partial charge in [-0.15, -0.1) is 0 Å². The van der Waals surface area contributed by atoms with Gasteiger partial charge < -0.3 is 10.2 Å². The average molecular weight is 202 g/mol. The second kappa shape index (κ2) is 4.86. The summed E-state index contributed by atoms with van der Waals surface area (Å²) in [6, 6.07) is 0.522. The first-order chi connectivity index (χ1) is 6.11. The van der Waals surface area contributed by atoms with Crippen molar-refractivity contribution in [3.8, 4) is 0 Å². The second-order valence-electron chi connectivity index (χ2n) is 3.64. The van der Waals surface area contributed by atoms with Crippen LogP contribution in [0.1, 0.15) is 13.3 Å². The summed E-state index contributed by atoms with van der Waals surface area (Å²) < 4.78 is 0. The molecule has 1 aliphatic rings. The van der Waals surface area contributed by atoms with Crippen molar-refractivity contribution < 1.29 is 4.79 Å². The molecule has 1 rings (SSSR count). The van der Waals surface area contributed by atoms with Crippen LogP contribution in [0, 0.1) is 0 Å². The SMILES string of the molecule is CC1SCCC1NCC(=O)N(C)C. The first-order valence-electron chi connectivity index (χ1n) is 4.66. The van der Waals surface area contributed by atoms with Crippen LogP contribution in [0.15, 0.2) is 0 Å². The normalized spacial score (nSPS) is 27.6. The van der Waals surface area contributed by atoms with Crippen LogP contribution >= 0.6 is 11.8 Å². The quantitative estimate of drug-likeness (QED) is 0.726. The number of hydrogen-bond acceptors (Lipinski definition) is 3. The third-order valence-electron chi connectivity index (χ3n) is 2.39. The van der Waals surface area contributed by atoms with Crippen molar-refractivity contribution in [3.63, 3.8) is 0 Å². The minimum Gasteiger partial charge on any atom is -0.348 e. The molecule has 3 nitrogen and oxygen atoms in total. The summed E-state index contributed by atoms with van der Waals surface area (Å²) >= 11 is 1.98. The highest BCUT2D eigenvalue weighted by atomic mass is 32.2. The van der Waals surface area contributed by atoms with Crippen molar-refractivity contribution in [2.24, 2.45) is 0 Å². The minimum absolute atomic E-state index is 0.157. The van der Waals surface area contributed by atoms with Crippen LogP contribution in [0.5, 0.6) is 0 Å². The fourth-order valence-electron chi connectivity index (χ4n) is 1.38. The predicted molar refractivity (Wildman–Crippen MR) is 57.0 cm³/mol. The minimum atomic E-state index is 0.157. The maximum Gasteiger partial charge on any atom is 0.236 e. The van der Waals surface area contributed by atoms with Gasteiger partial charge in [0.25, 0.3) is 0 Å². The van der Waals surface area contributed by atoms with Crippen LogP contribution in [-0.2, 0) is 4.79 Å². The van der Waals surface area contributed by atoms with Gasteiger partial charge in [0, 0.05) is 25.4 Å². The molecule has 1 N–H and O–H groups in total. The van der Waals surface area contributed by atoms with Gasteiger partial charge in [-0.2, -0.15) is 11.8 Å². The van der Waals surface area contributed by atoms with Gasteiger partial charge >= 0.3 is 0 Å². The fraction of sp³-hybridized carbons (Fsp3) is 0.889. The van der Waals surface area contributed by atoms with Crippen LogP contribution in [0.4, 0.5) is 0 Å². The number of thioether (sulfide) groups is 1. The van der Waals surface area contributed by atoms with Gasteiger partial charge in [0.05, 0.1) is 6.54 Å². The number of rotatable bonds is 3. The Morgan fingerprint density at radius 1 is 1.62 bits per heavy atom. The van der Waals surface area contributed by atoms with E-state index in [2.05, 4.69) is 12.2 Å². The fourth-order valence-corrected chi connectivity index (χ4v) is 2.60. The van der Waals surface area contributed by atoms with E-state index in [1.807, 2.05) is 11.8 Å². The maximum atomic E-state index is 11.3. The first-order valence-corrected chi connectivity index (χ1v) is 5.71. The maximum absolute atomic E-state index is 11.3. The first kappa shape index (κ1) is 10.9. The summed E-state index contributed by atoms with van der Waals surface area (Å²) in [7, 11) is 3.58. The van der Waals surface area contributed by atoms with E-state index in [4.69, 9.17) is 0 Å². The summed E-state index contributed by atoms with van der Waals surface area (Å²) in [5.41, 5.74) is 0. The third-order valence-corrected chi connectivity index (χ3v) is 3.72. The Morgan fingerprint density at radius 3 is 2.77 bits per heavy atom. The molecule has 1 saturated heterocycles. The molecule has 0 spiro atoms. The molecule has 0 aromatic rings. The van der Waals surface area contributed by atoms with E-state index in [1.54, 1.807) is 19.0 Å². The van der Waals surface area contributed by atoms with E-state index >= 15 is 0 Å². The molecule has 1 amide bonds. The predicted octanol–water partition coefficient (Wildman–Crippen LogP) is 0.558. The zero-order chi connectivity index (χ0) is 9.84. The number of nitrogens with zero attached hydrogens (tertiary/aromatic N) is 1. The topological polar surface area (TPSA) is 32.3 Å². The van der Waals surface area contributed by atoms with Crippen LogP contribution in [0.25, 0.3) is 0 Å². The van der Waals surface area contributed by atoms with Crippen LogP contribution in [-0.4, -0.2) is 48.5 Å². The van der Waals surface area contributed by atoms with Crippen molar-refractivity contribution in [2.45, 2.75) is 24.6 Å². The van der Waals surface area contributed by atoms with Crippen molar-refractivity contribution in [3.05, 3.63) is 0 Å². The molecule has 0 aromatic carbocycles. The summed E-state index contributed by atoms with van der Waals surface area (Å²) in [6.07, 6.45) is 1.19. The van der Waals surface area contributed by atoms with Crippen LogP contribution in [0.3, 0.4) is 0 Å². The molecule has 0 bridgehead atoms. The molecule has 1 heterocycles. The van der Waals surface area contributed by atoms with E-state index in [9.17, 15) is 4.79 Å². The molecule has 4 heteroatoms. The third kappa shape index (κ3) is 3.19. The number of carbonyl (C=O) groups excluding carboxylic acids is 1. The lowest BCUT2D eigenvalue weighted by Crippen LogP contribution is -2.40. The van der Waals surface area contributed by atoms with E-state index in [0.29, 0.717) is 17.8 Å². The van der Waals surface area contributed by atoms with Crippen molar-refractivity contribution >= 4 is 17.7 Å². The summed E-state index contributed by atoms with van der Waals surface area (Å²) in [5.74, 6) is 1.37. The smallest absolute Gasteiger partial charge is 0.236 e. The number of likely N-dealkylation sites (N-methyl/N-ethyl adjacent to an activating group) is 1. The second-order valence-corrected chi connectivity index (χ2v) is 5.13. The van der Waals surface area contributed by atoms with E-state index in [0.717, 1.165) is 0 Å². The molecule has 0 aromatic heterocycles. The molecule has 0 aliphatic carbocycles. The van der Waals surface area contributed by atoms with Crippen molar-refractivity contribution in [1.29, 1.82) is 0 Å². The largest absolute Gasteiger partial charge is 0.348 e. The highest BCUT2D eigenvalue weighted by Gasteiger charge is 2.23. The molecular weight excluding hydrogens is 184 g/mol. The number of carbonyl (C=O) groups is 1. The lowest BCUT2D eigenvalue weighted by molar-refractivity contribution is -0.127. The van der Waals surface area contributed by atoms with Gasteiger partial charge in [-0.25, -0.2) is 0 Å². The molecule has 76 valence electrons. The zero-order valence-electron chi connectivity index (χ0n) is 8.54. The Hall–Kier alpha value is -0.220. The lowest BCUT2D eigenvalue weighted by atomic mass is 10.2. The van der Waals surface area contributed by atoms with Gasteiger partial charge in [0.2, 0.25) is 5.91 Å². The van der Waals surface area contributed by atoms with E-state index < -0.39 is 0 Å². The van der Waals surface area contributed by atoms with Gasteiger partial charge in [-0.1, -0.05) is 6.92 Å². The monoisotopic (exact) mass is 202 g/mol. The Morgan fingerprint density at radius 2 is 2.31 bits per heavy atom. The zero-order valence-corrected chi connectivity index (χ0v) is 9.36. The molecule has 1 aliphatic heterocycles. The molecular formula is C9H18N2OS.